The smallest absolute Gasteiger partial charge is 0.328 e. The molecule has 0 aliphatic rings. The van der Waals surface area contributed by atoms with E-state index in [1.165, 1.54) is 24.5 Å². The quantitative estimate of drug-likeness (QED) is 0.441. The lowest BCUT2D eigenvalue weighted by atomic mass is 10.1. The molecule has 0 atom stereocenters. The number of nitrogens with one attached hydrogen (secondary N) is 1. The number of nitrogens with zero attached hydrogens (tertiary/aromatic N) is 1. The van der Waals surface area contributed by atoms with Crippen molar-refractivity contribution in [3.63, 3.8) is 0 Å². The van der Waals surface area contributed by atoms with Crippen molar-refractivity contribution in [2.45, 2.75) is 15.6 Å². The molecular weight excluding hydrogens is 459 g/mol. The maximum atomic E-state index is 14.2. The predicted octanol–water partition coefficient (Wildman–Crippen LogP) is 3.21. The molecule has 1 aromatic carbocycles. The molecule has 0 fully saturated rings. The van der Waals surface area contributed by atoms with Crippen molar-refractivity contribution in [3.05, 3.63) is 77.7 Å². The van der Waals surface area contributed by atoms with E-state index >= 15 is 0 Å². The standard InChI is InChI=1S/C17H15FN2O2S2.C4H4O4/c1-19-10-12-9-15(14-6-2-3-7-16(14)18)17(23-12)24(21,22)13-5-4-8-20-11-13;5-3(6)1-2-4(7)8/h2-9,11,19H,10H2,1H3;1-2H,(H,5,6)(H,7,8). The zero-order valence-electron chi connectivity index (χ0n) is 16.7. The SMILES string of the molecule is CNCc1cc(-c2ccccc2F)c(S(=O)(=O)c2cccnc2)s1.O=C(O)C=CC(=O)O. The molecule has 0 aliphatic heterocycles. The Balaban J connectivity index is 0.000000390. The van der Waals surface area contributed by atoms with Crippen LogP contribution in [-0.2, 0) is 26.0 Å². The number of hydrogen-bond acceptors (Lipinski definition) is 7. The highest BCUT2D eigenvalue weighted by Gasteiger charge is 2.26. The molecule has 2 heterocycles. The van der Waals surface area contributed by atoms with E-state index in [0.29, 0.717) is 24.3 Å². The van der Waals surface area contributed by atoms with Gasteiger partial charge < -0.3 is 15.5 Å². The summed E-state index contributed by atoms with van der Waals surface area (Å²) >= 11 is 1.14. The Kier molecular flexibility index (Phi) is 8.76. The van der Waals surface area contributed by atoms with Gasteiger partial charge in [-0.2, -0.15) is 0 Å². The first-order valence-corrected chi connectivity index (χ1v) is 11.3. The molecule has 0 aliphatic carbocycles. The summed E-state index contributed by atoms with van der Waals surface area (Å²) in [6.45, 7) is 0.509. The Hall–Kier alpha value is -3.41. The number of aliphatic carboxylic acids is 2. The first-order valence-electron chi connectivity index (χ1n) is 8.98. The summed E-state index contributed by atoms with van der Waals surface area (Å²) in [7, 11) is -1.99. The second kappa shape index (κ2) is 11.3. The van der Waals surface area contributed by atoms with Crippen molar-refractivity contribution < 1.29 is 32.6 Å². The highest BCUT2D eigenvalue weighted by atomic mass is 32.2. The Bertz CT molecular complexity index is 1210. The fraction of sp³-hybridized carbons (Fsp3) is 0.0952. The third-order valence-corrected chi connectivity index (χ3v) is 7.23. The number of carboxylic acids is 2. The van der Waals surface area contributed by atoms with E-state index in [4.69, 9.17) is 10.2 Å². The van der Waals surface area contributed by atoms with E-state index < -0.39 is 27.6 Å². The van der Waals surface area contributed by atoms with Gasteiger partial charge in [-0.3, -0.25) is 4.98 Å². The molecule has 0 saturated carbocycles. The van der Waals surface area contributed by atoms with Crippen LogP contribution in [0.5, 0.6) is 0 Å². The fourth-order valence-electron chi connectivity index (χ4n) is 2.51. The number of carbonyl (C=O) groups is 2. The Labute approximate surface area is 187 Å². The van der Waals surface area contributed by atoms with E-state index in [1.807, 2.05) is 0 Å². The molecule has 8 nitrogen and oxygen atoms in total. The Morgan fingerprint density at radius 2 is 1.75 bits per heavy atom. The molecule has 0 amide bonds. The average Bonchev–Trinajstić information content (AvgIpc) is 3.18. The highest BCUT2D eigenvalue weighted by molar-refractivity contribution is 7.93. The van der Waals surface area contributed by atoms with Crippen molar-refractivity contribution in [1.82, 2.24) is 10.3 Å². The first kappa shape index (κ1) is 24.9. The van der Waals surface area contributed by atoms with Crippen LogP contribution in [0.4, 0.5) is 4.39 Å². The Morgan fingerprint density at radius 3 is 2.28 bits per heavy atom. The van der Waals surface area contributed by atoms with Crippen molar-refractivity contribution in [2.75, 3.05) is 7.05 Å². The molecule has 0 unspecified atom stereocenters. The van der Waals surface area contributed by atoms with Gasteiger partial charge >= 0.3 is 11.9 Å². The van der Waals surface area contributed by atoms with Crippen LogP contribution in [0.2, 0.25) is 0 Å². The normalized spacial score (nSPS) is 11.1. The third-order valence-electron chi connectivity index (χ3n) is 3.82. The number of carboxylic acid groups (broad SMARTS) is 2. The number of halogens is 1. The van der Waals surface area contributed by atoms with Crippen LogP contribution in [0, 0.1) is 5.82 Å². The zero-order chi connectivity index (χ0) is 23.7. The van der Waals surface area contributed by atoms with Crippen LogP contribution >= 0.6 is 11.3 Å². The van der Waals surface area contributed by atoms with E-state index in [2.05, 4.69) is 10.3 Å². The van der Waals surface area contributed by atoms with Crippen LogP contribution in [0.15, 0.2) is 76.1 Å². The lowest BCUT2D eigenvalue weighted by Gasteiger charge is -2.06. The van der Waals surface area contributed by atoms with Crippen LogP contribution in [0.3, 0.4) is 0 Å². The molecular formula is C21H19FN2O6S2. The monoisotopic (exact) mass is 478 g/mol. The zero-order valence-corrected chi connectivity index (χ0v) is 18.4. The number of thiophene rings is 1. The van der Waals surface area contributed by atoms with Crippen LogP contribution in [0.1, 0.15) is 4.88 Å². The minimum Gasteiger partial charge on any atom is -0.478 e. The average molecular weight is 479 g/mol. The summed E-state index contributed by atoms with van der Waals surface area (Å²) in [5.41, 5.74) is 0.658. The van der Waals surface area contributed by atoms with Gasteiger partial charge in [-0.15, -0.1) is 11.3 Å². The van der Waals surface area contributed by atoms with E-state index in [9.17, 15) is 22.4 Å². The summed E-state index contributed by atoms with van der Waals surface area (Å²) in [6.07, 6.45) is 3.93. The van der Waals surface area contributed by atoms with Gasteiger partial charge in [-0.1, -0.05) is 18.2 Å². The molecule has 168 valence electrons. The molecule has 3 aromatic rings. The van der Waals surface area contributed by atoms with E-state index in [-0.39, 0.29) is 14.7 Å². The van der Waals surface area contributed by atoms with Crippen molar-refractivity contribution in [1.29, 1.82) is 0 Å². The maximum Gasteiger partial charge on any atom is 0.328 e. The molecule has 3 N–H and O–H groups in total. The number of benzene rings is 1. The second-order valence-electron chi connectivity index (χ2n) is 6.13. The molecule has 2 aromatic heterocycles. The number of sulfone groups is 1. The minimum absolute atomic E-state index is 0.0976. The Morgan fingerprint density at radius 1 is 1.09 bits per heavy atom. The molecule has 0 radical (unpaired) electrons. The maximum absolute atomic E-state index is 14.2. The lowest BCUT2D eigenvalue weighted by Crippen LogP contribution is -2.03. The van der Waals surface area contributed by atoms with Gasteiger partial charge in [-0.25, -0.2) is 22.4 Å². The molecule has 3 rings (SSSR count). The summed E-state index contributed by atoms with van der Waals surface area (Å²) in [4.78, 5) is 23.9. The van der Waals surface area contributed by atoms with Gasteiger partial charge in [-0.05, 0) is 31.3 Å². The number of hydrogen-bond donors (Lipinski definition) is 3. The van der Waals surface area contributed by atoms with E-state index in [0.717, 1.165) is 16.2 Å². The number of aromatic nitrogens is 1. The molecule has 0 saturated heterocycles. The van der Waals surface area contributed by atoms with Gasteiger partial charge in [0.15, 0.2) is 0 Å². The van der Waals surface area contributed by atoms with Gasteiger partial charge in [0.25, 0.3) is 0 Å². The second-order valence-corrected chi connectivity index (χ2v) is 9.41. The lowest BCUT2D eigenvalue weighted by molar-refractivity contribution is -0.134. The summed E-state index contributed by atoms with van der Waals surface area (Å²) in [6, 6.07) is 11.0. The van der Waals surface area contributed by atoms with Crippen molar-refractivity contribution in [3.8, 4) is 11.1 Å². The number of pyridine rings is 1. The summed E-state index contributed by atoms with van der Waals surface area (Å²) < 4.78 is 40.3. The van der Waals surface area contributed by atoms with E-state index in [1.54, 1.807) is 37.4 Å². The van der Waals surface area contributed by atoms with Gasteiger partial charge in [0.1, 0.15) is 10.0 Å². The van der Waals surface area contributed by atoms with Crippen molar-refractivity contribution in [2.24, 2.45) is 0 Å². The largest absolute Gasteiger partial charge is 0.478 e. The van der Waals surface area contributed by atoms with Crippen LogP contribution in [-0.4, -0.2) is 42.6 Å². The highest BCUT2D eigenvalue weighted by Crippen LogP contribution is 2.39. The number of rotatable bonds is 7. The fourth-order valence-corrected chi connectivity index (χ4v) is 5.60. The topological polar surface area (TPSA) is 134 Å². The third kappa shape index (κ3) is 6.54. The van der Waals surface area contributed by atoms with Gasteiger partial charge in [0.2, 0.25) is 9.84 Å². The summed E-state index contributed by atoms with van der Waals surface area (Å²) in [5, 5.41) is 18.6. The van der Waals surface area contributed by atoms with Crippen LogP contribution < -0.4 is 5.32 Å². The predicted molar refractivity (Wildman–Crippen MR) is 117 cm³/mol. The van der Waals surface area contributed by atoms with Gasteiger partial charge in [0.05, 0.1) is 4.90 Å². The van der Waals surface area contributed by atoms with Crippen LogP contribution in [0.25, 0.3) is 11.1 Å². The summed E-state index contributed by atoms with van der Waals surface area (Å²) in [5.74, 6) is -2.96. The van der Waals surface area contributed by atoms with Gasteiger partial charge in [0, 0.05) is 47.1 Å². The molecule has 0 spiro atoms. The molecule has 11 heteroatoms. The first-order chi connectivity index (χ1) is 15.2. The molecule has 0 bridgehead atoms. The minimum atomic E-state index is -3.77. The van der Waals surface area contributed by atoms with Crippen molar-refractivity contribution >= 4 is 33.1 Å². The molecule has 32 heavy (non-hydrogen) atoms.